The molecule has 9 nitrogen and oxygen atoms in total. The fourth-order valence-corrected chi connectivity index (χ4v) is 2.81. The Morgan fingerprint density at radius 2 is 2.05 bits per heavy atom. The molecule has 5 N–H and O–H groups in total. The van der Waals surface area contributed by atoms with Crippen LogP contribution in [0.15, 0.2) is 17.3 Å². The number of aromatic nitrogens is 2. The van der Waals surface area contributed by atoms with Gasteiger partial charge < -0.3 is 5.32 Å². The summed E-state index contributed by atoms with van der Waals surface area (Å²) in [6, 6.07) is -0.324. The van der Waals surface area contributed by atoms with Crippen LogP contribution in [0.25, 0.3) is 0 Å². The predicted molar refractivity (Wildman–Crippen MR) is 66.2 cm³/mol. The van der Waals surface area contributed by atoms with Gasteiger partial charge in [0.25, 0.3) is 0 Å². The number of hydrogen-bond acceptors (Lipinski definition) is 7. The summed E-state index contributed by atoms with van der Waals surface area (Å²) in [5.74, 6) is 5.15. The Bertz CT molecular complexity index is 548. The molecule has 0 bridgehead atoms. The lowest BCUT2D eigenvalue weighted by Gasteiger charge is -2.23. The highest BCUT2D eigenvalue weighted by molar-refractivity contribution is 7.89. The maximum absolute atomic E-state index is 12.0. The largest absolute Gasteiger partial charge is 0.355 e. The standard InChI is InChI=1S/C9H14N6O3S/c10-14-9-12-4-7(5-13-9)19(17,18)15-6-1-2-8(16)11-3-6/h4-6,15H,1-3,10H2,(H,11,16)(H,12,13,14). The summed E-state index contributed by atoms with van der Waals surface area (Å²) in [5.41, 5.74) is 2.21. The highest BCUT2D eigenvalue weighted by Crippen LogP contribution is 2.10. The van der Waals surface area contributed by atoms with Crippen LogP contribution in [0.1, 0.15) is 12.8 Å². The van der Waals surface area contributed by atoms with Crippen molar-refractivity contribution >= 4 is 21.9 Å². The third-order valence-electron chi connectivity index (χ3n) is 2.65. The maximum Gasteiger partial charge on any atom is 0.243 e. The molecular formula is C9H14N6O3S. The molecule has 1 aliphatic rings. The average molecular weight is 286 g/mol. The van der Waals surface area contributed by atoms with Crippen LogP contribution in [0.4, 0.5) is 5.95 Å². The third kappa shape index (κ3) is 3.36. The Labute approximate surface area is 110 Å². The van der Waals surface area contributed by atoms with Crippen molar-refractivity contribution in [1.82, 2.24) is 20.0 Å². The van der Waals surface area contributed by atoms with E-state index in [-0.39, 0.29) is 29.3 Å². The minimum absolute atomic E-state index is 0.0524. The lowest BCUT2D eigenvalue weighted by atomic mass is 10.1. The molecule has 1 atom stereocenters. The monoisotopic (exact) mass is 286 g/mol. The highest BCUT2D eigenvalue weighted by atomic mass is 32.2. The predicted octanol–water partition coefficient (Wildman–Crippen LogP) is -1.68. The quantitative estimate of drug-likeness (QED) is 0.383. The zero-order valence-electron chi connectivity index (χ0n) is 9.96. The number of rotatable bonds is 4. The number of carbonyl (C=O) groups is 1. The number of nitrogens with zero attached hydrogens (tertiary/aromatic N) is 2. The zero-order valence-corrected chi connectivity index (χ0v) is 10.8. The molecule has 0 radical (unpaired) electrons. The van der Waals surface area contributed by atoms with E-state index in [2.05, 4.69) is 25.4 Å². The number of carbonyl (C=O) groups excluding carboxylic acids is 1. The number of anilines is 1. The molecule has 1 saturated heterocycles. The van der Waals surface area contributed by atoms with Crippen LogP contribution in [-0.4, -0.2) is 36.9 Å². The third-order valence-corrected chi connectivity index (χ3v) is 4.13. The molecule has 0 aliphatic carbocycles. The maximum atomic E-state index is 12.0. The number of nitrogens with two attached hydrogens (primary N) is 1. The number of hydrogen-bond donors (Lipinski definition) is 4. The van der Waals surface area contributed by atoms with Gasteiger partial charge in [-0.05, 0) is 6.42 Å². The van der Waals surface area contributed by atoms with E-state index in [4.69, 9.17) is 5.84 Å². The van der Waals surface area contributed by atoms with Crippen LogP contribution < -0.4 is 21.3 Å². The Morgan fingerprint density at radius 3 is 2.58 bits per heavy atom. The number of nitrogens with one attached hydrogen (secondary N) is 3. The van der Waals surface area contributed by atoms with Crippen molar-refractivity contribution in [3.63, 3.8) is 0 Å². The summed E-state index contributed by atoms with van der Waals surface area (Å²) in [7, 11) is -3.70. The smallest absolute Gasteiger partial charge is 0.243 e. The SMILES string of the molecule is NNc1ncc(S(=O)(=O)NC2CCC(=O)NC2)cn1. The van der Waals surface area contributed by atoms with E-state index < -0.39 is 10.0 Å². The van der Waals surface area contributed by atoms with Crippen LogP contribution in [0.3, 0.4) is 0 Å². The number of piperidine rings is 1. The Kier molecular flexibility index (Phi) is 3.93. The Hall–Kier alpha value is -1.78. The summed E-state index contributed by atoms with van der Waals surface area (Å²) < 4.78 is 26.5. The summed E-state index contributed by atoms with van der Waals surface area (Å²) >= 11 is 0. The number of hydrazine groups is 1. The van der Waals surface area contributed by atoms with Crippen LogP contribution in [0, 0.1) is 0 Å². The minimum atomic E-state index is -3.70. The van der Waals surface area contributed by atoms with Gasteiger partial charge in [-0.15, -0.1) is 0 Å². The van der Waals surface area contributed by atoms with Crippen molar-refractivity contribution in [1.29, 1.82) is 0 Å². The second kappa shape index (κ2) is 5.47. The summed E-state index contributed by atoms with van der Waals surface area (Å²) in [5, 5.41) is 2.60. The van der Waals surface area contributed by atoms with Gasteiger partial charge in [-0.2, -0.15) is 0 Å². The van der Waals surface area contributed by atoms with Crippen molar-refractivity contribution in [2.45, 2.75) is 23.8 Å². The number of nitrogen functional groups attached to an aromatic ring is 1. The van der Waals surface area contributed by atoms with E-state index in [0.717, 1.165) is 12.4 Å². The van der Waals surface area contributed by atoms with Crippen LogP contribution in [-0.2, 0) is 14.8 Å². The summed E-state index contributed by atoms with van der Waals surface area (Å²) in [6.45, 7) is 0.279. The van der Waals surface area contributed by atoms with Crippen LogP contribution >= 0.6 is 0 Å². The van der Waals surface area contributed by atoms with E-state index in [1.165, 1.54) is 0 Å². The molecule has 19 heavy (non-hydrogen) atoms. The zero-order chi connectivity index (χ0) is 13.9. The van der Waals surface area contributed by atoms with Gasteiger partial charge in [0.05, 0.1) is 12.4 Å². The van der Waals surface area contributed by atoms with Gasteiger partial charge in [0, 0.05) is 19.0 Å². The number of sulfonamides is 1. The molecule has 0 spiro atoms. The van der Waals surface area contributed by atoms with Crippen molar-refractivity contribution in [3.05, 3.63) is 12.4 Å². The lowest BCUT2D eigenvalue weighted by Crippen LogP contribution is -2.47. The Balaban J connectivity index is 2.06. The molecule has 1 unspecified atom stereocenters. The number of amides is 1. The molecule has 1 aliphatic heterocycles. The molecule has 0 aromatic carbocycles. The second-order valence-corrected chi connectivity index (χ2v) is 5.76. The molecule has 2 heterocycles. The van der Waals surface area contributed by atoms with Crippen LogP contribution in [0.5, 0.6) is 0 Å². The van der Waals surface area contributed by atoms with Gasteiger partial charge in [0.2, 0.25) is 21.9 Å². The normalized spacial score (nSPS) is 19.8. The molecule has 1 fully saturated rings. The minimum Gasteiger partial charge on any atom is -0.355 e. The van der Waals surface area contributed by atoms with E-state index in [1.807, 2.05) is 0 Å². The van der Waals surface area contributed by atoms with Crippen molar-refractivity contribution in [2.75, 3.05) is 12.0 Å². The van der Waals surface area contributed by atoms with Gasteiger partial charge in [-0.1, -0.05) is 0 Å². The van der Waals surface area contributed by atoms with Gasteiger partial charge >= 0.3 is 0 Å². The molecule has 1 amide bonds. The lowest BCUT2D eigenvalue weighted by molar-refractivity contribution is -0.122. The van der Waals surface area contributed by atoms with Crippen molar-refractivity contribution in [3.8, 4) is 0 Å². The van der Waals surface area contributed by atoms with Gasteiger partial charge in [-0.3, -0.25) is 10.2 Å². The molecular weight excluding hydrogens is 272 g/mol. The first-order valence-corrected chi connectivity index (χ1v) is 7.07. The van der Waals surface area contributed by atoms with E-state index in [0.29, 0.717) is 12.8 Å². The molecule has 10 heteroatoms. The fourth-order valence-electron chi connectivity index (χ4n) is 1.65. The van der Waals surface area contributed by atoms with Gasteiger partial charge in [0.1, 0.15) is 4.90 Å². The van der Waals surface area contributed by atoms with Gasteiger partial charge in [-0.25, -0.2) is 29.0 Å². The second-order valence-electron chi connectivity index (χ2n) is 4.05. The molecule has 0 saturated carbocycles. The molecule has 1 aromatic rings. The first-order chi connectivity index (χ1) is 9.01. The van der Waals surface area contributed by atoms with Crippen molar-refractivity contribution < 1.29 is 13.2 Å². The molecule has 1 aromatic heterocycles. The van der Waals surface area contributed by atoms with E-state index in [9.17, 15) is 13.2 Å². The first-order valence-electron chi connectivity index (χ1n) is 5.59. The molecule has 104 valence electrons. The topological polar surface area (TPSA) is 139 Å². The highest BCUT2D eigenvalue weighted by Gasteiger charge is 2.24. The Morgan fingerprint density at radius 1 is 1.37 bits per heavy atom. The van der Waals surface area contributed by atoms with Crippen molar-refractivity contribution in [2.24, 2.45) is 5.84 Å². The van der Waals surface area contributed by atoms with E-state index in [1.54, 1.807) is 0 Å². The van der Waals surface area contributed by atoms with Crippen LogP contribution in [0.2, 0.25) is 0 Å². The van der Waals surface area contributed by atoms with E-state index >= 15 is 0 Å². The first kappa shape index (κ1) is 13.6. The summed E-state index contributed by atoms with van der Waals surface area (Å²) in [6.07, 6.45) is 3.09. The molecule has 2 rings (SSSR count). The average Bonchev–Trinajstić information content (AvgIpc) is 2.41. The fraction of sp³-hybridized carbons (Fsp3) is 0.444. The summed E-state index contributed by atoms with van der Waals surface area (Å²) in [4.78, 5) is 18.4. The van der Waals surface area contributed by atoms with Gasteiger partial charge in [0.15, 0.2) is 0 Å².